The summed E-state index contributed by atoms with van der Waals surface area (Å²) in [6, 6.07) is 7.43. The van der Waals surface area contributed by atoms with Gasteiger partial charge < -0.3 is 10.2 Å². The Balaban J connectivity index is 1.73. The van der Waals surface area contributed by atoms with Gasteiger partial charge in [-0.15, -0.1) is 0 Å². The summed E-state index contributed by atoms with van der Waals surface area (Å²) < 4.78 is 0. The Kier molecular flexibility index (Phi) is 3.98. The fraction of sp³-hybridized carbons (Fsp3) is 0.294. The SMILES string of the molecule is Cc1cc(C)cc(N2CCC(NC(=O)c3ccsc3)C2=O)c1. The number of nitrogens with one attached hydrogen (secondary N) is 1. The summed E-state index contributed by atoms with van der Waals surface area (Å²) in [6.07, 6.45) is 0.641. The monoisotopic (exact) mass is 314 g/mol. The second-order valence-electron chi connectivity index (χ2n) is 5.66. The molecule has 2 amide bonds. The number of thiophene rings is 1. The van der Waals surface area contributed by atoms with Crippen LogP contribution in [-0.4, -0.2) is 24.4 Å². The number of hydrogen-bond acceptors (Lipinski definition) is 3. The molecule has 1 fully saturated rings. The van der Waals surface area contributed by atoms with Crippen LogP contribution in [0.3, 0.4) is 0 Å². The second kappa shape index (κ2) is 5.93. The molecule has 0 bridgehead atoms. The highest BCUT2D eigenvalue weighted by molar-refractivity contribution is 7.08. The van der Waals surface area contributed by atoms with Gasteiger partial charge in [-0.1, -0.05) is 6.07 Å². The van der Waals surface area contributed by atoms with E-state index in [1.54, 1.807) is 16.3 Å². The number of carbonyl (C=O) groups is 2. The predicted octanol–water partition coefficient (Wildman–Crippen LogP) is 2.90. The van der Waals surface area contributed by atoms with Gasteiger partial charge in [-0.3, -0.25) is 9.59 Å². The van der Waals surface area contributed by atoms with Crippen molar-refractivity contribution in [2.45, 2.75) is 26.3 Å². The summed E-state index contributed by atoms with van der Waals surface area (Å²) in [5.74, 6) is -0.213. The van der Waals surface area contributed by atoms with Crippen molar-refractivity contribution in [3.8, 4) is 0 Å². The average Bonchev–Trinajstić information content (AvgIpc) is 3.09. The van der Waals surface area contributed by atoms with Crippen LogP contribution in [0.25, 0.3) is 0 Å². The van der Waals surface area contributed by atoms with E-state index in [-0.39, 0.29) is 11.8 Å². The lowest BCUT2D eigenvalue weighted by Gasteiger charge is -2.18. The van der Waals surface area contributed by atoms with Crippen molar-refractivity contribution in [2.75, 3.05) is 11.4 Å². The smallest absolute Gasteiger partial charge is 0.252 e. The van der Waals surface area contributed by atoms with Gasteiger partial charge in [0.15, 0.2) is 0 Å². The number of nitrogens with zero attached hydrogens (tertiary/aromatic N) is 1. The lowest BCUT2D eigenvalue weighted by molar-refractivity contribution is -0.118. The first-order valence-electron chi connectivity index (χ1n) is 7.27. The van der Waals surface area contributed by atoms with E-state index in [0.29, 0.717) is 18.5 Å². The second-order valence-corrected chi connectivity index (χ2v) is 6.44. The summed E-state index contributed by atoms with van der Waals surface area (Å²) in [5.41, 5.74) is 3.79. The Morgan fingerprint density at radius 1 is 1.27 bits per heavy atom. The maximum atomic E-state index is 12.5. The highest BCUT2D eigenvalue weighted by atomic mass is 32.1. The molecule has 0 aliphatic carbocycles. The van der Waals surface area contributed by atoms with E-state index in [9.17, 15) is 9.59 Å². The average molecular weight is 314 g/mol. The van der Waals surface area contributed by atoms with Crippen molar-refractivity contribution >= 4 is 28.8 Å². The van der Waals surface area contributed by atoms with Gasteiger partial charge in [-0.05, 0) is 55.0 Å². The first-order chi connectivity index (χ1) is 10.5. The van der Waals surface area contributed by atoms with Gasteiger partial charge >= 0.3 is 0 Å². The minimum Gasteiger partial charge on any atom is -0.340 e. The van der Waals surface area contributed by atoms with E-state index in [0.717, 1.165) is 16.8 Å². The Morgan fingerprint density at radius 3 is 2.64 bits per heavy atom. The van der Waals surface area contributed by atoms with Crippen LogP contribution in [0, 0.1) is 13.8 Å². The third-order valence-electron chi connectivity index (χ3n) is 3.81. The Morgan fingerprint density at radius 2 is 2.00 bits per heavy atom. The largest absolute Gasteiger partial charge is 0.340 e. The van der Waals surface area contributed by atoms with Crippen LogP contribution in [0.4, 0.5) is 5.69 Å². The number of carbonyl (C=O) groups excluding carboxylic acids is 2. The van der Waals surface area contributed by atoms with E-state index in [4.69, 9.17) is 0 Å². The third kappa shape index (κ3) is 2.90. The highest BCUT2D eigenvalue weighted by Crippen LogP contribution is 2.24. The molecule has 1 aromatic heterocycles. The zero-order valence-electron chi connectivity index (χ0n) is 12.6. The van der Waals surface area contributed by atoms with E-state index in [2.05, 4.69) is 11.4 Å². The molecule has 1 N–H and O–H groups in total. The van der Waals surface area contributed by atoms with Gasteiger partial charge in [-0.2, -0.15) is 11.3 Å². The zero-order chi connectivity index (χ0) is 15.7. The molecule has 1 aliphatic heterocycles. The van der Waals surface area contributed by atoms with Gasteiger partial charge in [0.25, 0.3) is 5.91 Å². The topological polar surface area (TPSA) is 49.4 Å². The molecular formula is C17H18N2O2S. The van der Waals surface area contributed by atoms with Crippen LogP contribution >= 0.6 is 11.3 Å². The third-order valence-corrected chi connectivity index (χ3v) is 4.50. The van der Waals surface area contributed by atoms with Crippen molar-refractivity contribution in [3.05, 3.63) is 51.7 Å². The first-order valence-corrected chi connectivity index (χ1v) is 8.21. The molecule has 1 atom stereocenters. The predicted molar refractivity (Wildman–Crippen MR) is 88.5 cm³/mol. The molecule has 5 heteroatoms. The van der Waals surface area contributed by atoms with Crippen molar-refractivity contribution in [1.29, 1.82) is 0 Å². The van der Waals surface area contributed by atoms with Crippen LogP contribution in [0.15, 0.2) is 35.0 Å². The molecule has 1 aliphatic rings. The Hall–Kier alpha value is -2.14. The lowest BCUT2D eigenvalue weighted by atomic mass is 10.1. The molecule has 3 rings (SSSR count). The molecule has 1 saturated heterocycles. The van der Waals surface area contributed by atoms with Gasteiger partial charge in [0.2, 0.25) is 5.91 Å². The number of anilines is 1. The minimum atomic E-state index is -0.437. The molecule has 1 aromatic carbocycles. The van der Waals surface area contributed by atoms with E-state index >= 15 is 0 Å². The van der Waals surface area contributed by atoms with Crippen LogP contribution in [0.1, 0.15) is 27.9 Å². The normalized spacial score (nSPS) is 17.8. The molecule has 22 heavy (non-hydrogen) atoms. The van der Waals surface area contributed by atoms with Crippen LogP contribution in [0.5, 0.6) is 0 Å². The molecule has 0 saturated carbocycles. The molecule has 0 radical (unpaired) electrons. The van der Waals surface area contributed by atoms with Crippen LogP contribution in [0.2, 0.25) is 0 Å². The van der Waals surface area contributed by atoms with Crippen LogP contribution < -0.4 is 10.2 Å². The standard InChI is InChI=1S/C17H18N2O2S/c1-11-7-12(2)9-14(8-11)19-5-3-15(17(19)21)18-16(20)13-4-6-22-10-13/h4,6-10,15H,3,5H2,1-2H3,(H,18,20). The van der Waals surface area contributed by atoms with Gasteiger partial charge in [0.05, 0.1) is 5.56 Å². The van der Waals surface area contributed by atoms with Gasteiger partial charge in [0, 0.05) is 17.6 Å². The molecule has 1 unspecified atom stereocenters. The minimum absolute atomic E-state index is 0.0337. The fourth-order valence-corrected chi connectivity index (χ4v) is 3.45. The number of amides is 2. The molecule has 114 valence electrons. The quantitative estimate of drug-likeness (QED) is 0.947. The van der Waals surface area contributed by atoms with E-state index in [1.807, 2.05) is 31.4 Å². The first kappa shape index (κ1) is 14.8. The maximum absolute atomic E-state index is 12.5. The number of benzene rings is 1. The number of aryl methyl sites for hydroxylation is 2. The Labute approximate surface area is 133 Å². The zero-order valence-corrected chi connectivity index (χ0v) is 13.4. The van der Waals surface area contributed by atoms with Crippen LogP contribution in [-0.2, 0) is 4.79 Å². The lowest BCUT2D eigenvalue weighted by Crippen LogP contribution is -2.41. The summed E-state index contributed by atoms with van der Waals surface area (Å²) in [5, 5.41) is 6.48. The highest BCUT2D eigenvalue weighted by Gasteiger charge is 2.33. The number of rotatable bonds is 3. The van der Waals surface area contributed by atoms with Crippen molar-refractivity contribution in [3.63, 3.8) is 0 Å². The fourth-order valence-electron chi connectivity index (χ4n) is 2.81. The molecule has 2 heterocycles. The van der Waals surface area contributed by atoms with E-state index < -0.39 is 6.04 Å². The summed E-state index contributed by atoms with van der Waals surface area (Å²) >= 11 is 1.47. The summed E-state index contributed by atoms with van der Waals surface area (Å²) in [4.78, 5) is 26.4. The van der Waals surface area contributed by atoms with Crippen molar-refractivity contribution in [1.82, 2.24) is 5.32 Å². The molecule has 4 nitrogen and oxygen atoms in total. The Bertz CT molecular complexity index is 689. The molecular weight excluding hydrogens is 296 g/mol. The summed E-state index contributed by atoms with van der Waals surface area (Å²) in [7, 11) is 0. The number of hydrogen-bond donors (Lipinski definition) is 1. The molecule has 2 aromatic rings. The maximum Gasteiger partial charge on any atom is 0.252 e. The molecule has 0 spiro atoms. The van der Waals surface area contributed by atoms with Gasteiger partial charge in [-0.25, -0.2) is 0 Å². The van der Waals surface area contributed by atoms with E-state index in [1.165, 1.54) is 11.3 Å². The van der Waals surface area contributed by atoms with Crippen molar-refractivity contribution < 1.29 is 9.59 Å². The summed E-state index contributed by atoms with van der Waals surface area (Å²) in [6.45, 7) is 4.68. The van der Waals surface area contributed by atoms with Crippen molar-refractivity contribution in [2.24, 2.45) is 0 Å². The van der Waals surface area contributed by atoms with Gasteiger partial charge in [0.1, 0.15) is 6.04 Å².